The molecule has 1 unspecified atom stereocenters. The first-order valence-corrected chi connectivity index (χ1v) is 5.02. The van der Waals surface area contributed by atoms with Crippen LogP contribution in [0.2, 0.25) is 5.02 Å². The lowest BCUT2D eigenvalue weighted by Gasteiger charge is -2.09. The second kappa shape index (κ2) is 4.58. The lowest BCUT2D eigenvalue weighted by Crippen LogP contribution is -2.27. The number of hydrogen-bond acceptors (Lipinski definition) is 2. The summed E-state index contributed by atoms with van der Waals surface area (Å²) in [6, 6.07) is 4.88. The zero-order valence-corrected chi connectivity index (χ0v) is 9.14. The molecule has 0 radical (unpaired) electrons. The molecule has 0 aliphatic heterocycles. The predicted octanol–water partition coefficient (Wildman–Crippen LogP) is 2.43. The van der Waals surface area contributed by atoms with Gasteiger partial charge in [-0.25, -0.2) is 0 Å². The van der Waals surface area contributed by atoms with Crippen LogP contribution in [-0.4, -0.2) is 11.8 Å². The first kappa shape index (κ1) is 11.2. The smallest absolute Gasteiger partial charge is 0.179 e. The number of benzene rings is 1. The van der Waals surface area contributed by atoms with E-state index in [1.807, 2.05) is 13.0 Å². The summed E-state index contributed by atoms with van der Waals surface area (Å²) in [4.78, 5) is 11.7. The Morgan fingerprint density at radius 3 is 2.71 bits per heavy atom. The molecule has 1 aromatic carbocycles. The summed E-state index contributed by atoms with van der Waals surface area (Å²) in [6.45, 7) is 3.68. The molecule has 76 valence electrons. The van der Waals surface area contributed by atoms with Crippen molar-refractivity contribution in [1.82, 2.24) is 0 Å². The Hall–Kier alpha value is -0.860. The van der Waals surface area contributed by atoms with Crippen LogP contribution in [0.25, 0.3) is 0 Å². The predicted molar refractivity (Wildman–Crippen MR) is 58.8 cm³/mol. The van der Waals surface area contributed by atoms with E-state index in [0.717, 1.165) is 12.0 Å². The van der Waals surface area contributed by atoms with Crippen molar-refractivity contribution in [2.24, 2.45) is 5.73 Å². The van der Waals surface area contributed by atoms with Crippen molar-refractivity contribution in [3.8, 4) is 0 Å². The molecule has 0 aliphatic rings. The number of carbonyl (C=O) groups excluding carboxylic acids is 1. The molecule has 0 aliphatic carbocycles. The molecule has 0 amide bonds. The van der Waals surface area contributed by atoms with Gasteiger partial charge in [-0.2, -0.15) is 0 Å². The van der Waals surface area contributed by atoms with Crippen LogP contribution in [-0.2, 0) is 6.42 Å². The van der Waals surface area contributed by atoms with Crippen molar-refractivity contribution in [3.63, 3.8) is 0 Å². The van der Waals surface area contributed by atoms with Gasteiger partial charge in [0.05, 0.1) is 6.04 Å². The van der Waals surface area contributed by atoms with Gasteiger partial charge in [0.1, 0.15) is 0 Å². The van der Waals surface area contributed by atoms with Crippen molar-refractivity contribution < 1.29 is 4.79 Å². The summed E-state index contributed by atoms with van der Waals surface area (Å²) in [5.74, 6) is -0.0515. The molecule has 2 N–H and O–H groups in total. The standard InChI is InChI=1S/C11H14ClNO/c1-3-8-4-5-9(12)6-10(8)11(14)7(2)13/h4-7H,3,13H2,1-2H3. The fourth-order valence-corrected chi connectivity index (χ4v) is 1.50. The summed E-state index contributed by atoms with van der Waals surface area (Å²) in [6.07, 6.45) is 0.810. The Morgan fingerprint density at radius 1 is 1.57 bits per heavy atom. The van der Waals surface area contributed by atoms with Crippen LogP contribution >= 0.6 is 11.6 Å². The van der Waals surface area contributed by atoms with E-state index < -0.39 is 6.04 Å². The lowest BCUT2D eigenvalue weighted by molar-refractivity contribution is 0.0967. The number of rotatable bonds is 3. The van der Waals surface area contributed by atoms with E-state index in [2.05, 4.69) is 0 Å². The Morgan fingerprint density at radius 2 is 2.21 bits per heavy atom. The van der Waals surface area contributed by atoms with E-state index >= 15 is 0 Å². The topological polar surface area (TPSA) is 43.1 Å². The molecule has 0 bridgehead atoms. The maximum atomic E-state index is 11.7. The average molecular weight is 212 g/mol. The molecule has 0 aromatic heterocycles. The molecule has 3 heteroatoms. The third-order valence-electron chi connectivity index (χ3n) is 2.13. The largest absolute Gasteiger partial charge is 0.321 e. The second-order valence-electron chi connectivity index (χ2n) is 3.31. The summed E-state index contributed by atoms with van der Waals surface area (Å²) in [7, 11) is 0. The minimum absolute atomic E-state index is 0.0515. The van der Waals surface area contributed by atoms with E-state index in [-0.39, 0.29) is 5.78 Å². The zero-order valence-electron chi connectivity index (χ0n) is 8.38. The summed E-state index contributed by atoms with van der Waals surface area (Å²) in [5, 5.41) is 0.575. The molecule has 0 saturated heterocycles. The van der Waals surface area contributed by atoms with Gasteiger partial charge in [0, 0.05) is 10.6 Å². The van der Waals surface area contributed by atoms with Crippen molar-refractivity contribution in [3.05, 3.63) is 34.3 Å². The first-order chi connectivity index (χ1) is 6.56. The van der Waals surface area contributed by atoms with Crippen LogP contribution in [0.15, 0.2) is 18.2 Å². The van der Waals surface area contributed by atoms with Gasteiger partial charge in [0.2, 0.25) is 0 Å². The van der Waals surface area contributed by atoms with Crippen LogP contribution < -0.4 is 5.73 Å². The number of hydrogen-bond donors (Lipinski definition) is 1. The summed E-state index contributed by atoms with van der Waals surface area (Å²) >= 11 is 5.83. The highest BCUT2D eigenvalue weighted by atomic mass is 35.5. The first-order valence-electron chi connectivity index (χ1n) is 4.64. The number of halogens is 1. The number of ketones is 1. The van der Waals surface area contributed by atoms with E-state index in [9.17, 15) is 4.79 Å². The number of Topliss-reactive ketones (excluding diaryl/α,β-unsaturated/α-hetero) is 1. The Kier molecular flexibility index (Phi) is 3.67. The molecular weight excluding hydrogens is 198 g/mol. The lowest BCUT2D eigenvalue weighted by atomic mass is 9.98. The Bertz CT molecular complexity index is 347. The van der Waals surface area contributed by atoms with Crippen molar-refractivity contribution in [2.45, 2.75) is 26.3 Å². The molecule has 1 aromatic rings. The highest BCUT2D eigenvalue weighted by molar-refractivity contribution is 6.31. The third-order valence-corrected chi connectivity index (χ3v) is 2.37. The number of carbonyl (C=O) groups is 1. The van der Waals surface area contributed by atoms with E-state index in [1.54, 1.807) is 19.1 Å². The second-order valence-corrected chi connectivity index (χ2v) is 3.74. The molecule has 1 rings (SSSR count). The Labute approximate surface area is 89.1 Å². The fraction of sp³-hybridized carbons (Fsp3) is 0.364. The molecule has 1 atom stereocenters. The maximum Gasteiger partial charge on any atom is 0.179 e. The van der Waals surface area contributed by atoms with Crippen LogP contribution in [0.5, 0.6) is 0 Å². The maximum absolute atomic E-state index is 11.7. The highest BCUT2D eigenvalue weighted by Crippen LogP contribution is 2.17. The van der Waals surface area contributed by atoms with Gasteiger partial charge in [-0.1, -0.05) is 24.6 Å². The van der Waals surface area contributed by atoms with Crippen LogP contribution in [0, 0.1) is 0 Å². The monoisotopic (exact) mass is 211 g/mol. The molecule has 0 fully saturated rings. The van der Waals surface area contributed by atoms with Crippen molar-refractivity contribution in [1.29, 1.82) is 0 Å². The van der Waals surface area contributed by atoms with Gasteiger partial charge >= 0.3 is 0 Å². The highest BCUT2D eigenvalue weighted by Gasteiger charge is 2.14. The van der Waals surface area contributed by atoms with Crippen molar-refractivity contribution in [2.75, 3.05) is 0 Å². The van der Waals surface area contributed by atoms with Gasteiger partial charge in [0.15, 0.2) is 5.78 Å². The normalized spacial score (nSPS) is 12.6. The number of aryl methyl sites for hydroxylation is 1. The van der Waals surface area contributed by atoms with Crippen LogP contribution in [0.4, 0.5) is 0 Å². The molecule has 0 spiro atoms. The SMILES string of the molecule is CCc1ccc(Cl)cc1C(=O)C(C)N. The van der Waals surface area contributed by atoms with Crippen LogP contribution in [0.1, 0.15) is 29.8 Å². The fourth-order valence-electron chi connectivity index (χ4n) is 1.33. The average Bonchev–Trinajstić information content (AvgIpc) is 2.16. The minimum Gasteiger partial charge on any atom is -0.321 e. The van der Waals surface area contributed by atoms with Gasteiger partial charge in [0.25, 0.3) is 0 Å². The summed E-state index contributed by atoms with van der Waals surface area (Å²) in [5.41, 5.74) is 7.19. The minimum atomic E-state index is -0.473. The molecule has 2 nitrogen and oxygen atoms in total. The van der Waals surface area contributed by atoms with E-state index in [0.29, 0.717) is 10.6 Å². The molecule has 0 heterocycles. The van der Waals surface area contributed by atoms with E-state index in [1.165, 1.54) is 0 Å². The molecule has 14 heavy (non-hydrogen) atoms. The number of nitrogens with two attached hydrogens (primary N) is 1. The summed E-state index contributed by atoms with van der Waals surface area (Å²) < 4.78 is 0. The van der Waals surface area contributed by atoms with Gasteiger partial charge in [-0.15, -0.1) is 0 Å². The third kappa shape index (κ3) is 2.34. The van der Waals surface area contributed by atoms with Gasteiger partial charge in [-0.05, 0) is 31.0 Å². The van der Waals surface area contributed by atoms with E-state index in [4.69, 9.17) is 17.3 Å². The zero-order chi connectivity index (χ0) is 10.7. The molecule has 0 saturated carbocycles. The van der Waals surface area contributed by atoms with Crippen LogP contribution in [0.3, 0.4) is 0 Å². The van der Waals surface area contributed by atoms with Gasteiger partial charge in [-0.3, -0.25) is 4.79 Å². The quantitative estimate of drug-likeness (QED) is 0.781. The molecular formula is C11H14ClNO. The van der Waals surface area contributed by atoms with Gasteiger partial charge < -0.3 is 5.73 Å². The van der Waals surface area contributed by atoms with Crippen molar-refractivity contribution >= 4 is 17.4 Å². The Balaban J connectivity index is 3.17.